The zero-order valence-corrected chi connectivity index (χ0v) is 6.00. The number of carbonyl (C=O) groups excluding carboxylic acids is 1. The summed E-state index contributed by atoms with van der Waals surface area (Å²) in [6.07, 6.45) is 0.677. The van der Waals surface area contributed by atoms with Gasteiger partial charge in [0.1, 0.15) is 0 Å². The number of ketones is 1. The highest BCUT2D eigenvalue weighted by Gasteiger charge is 2.02. The van der Waals surface area contributed by atoms with Crippen molar-refractivity contribution in [3.05, 3.63) is 11.6 Å². The van der Waals surface area contributed by atoms with Gasteiger partial charge in [-0.3, -0.25) is 4.79 Å². The molecule has 0 rings (SSSR count). The lowest BCUT2D eigenvalue weighted by Gasteiger charge is -1.88. The van der Waals surface area contributed by atoms with Crippen LogP contribution in [0.25, 0.3) is 0 Å². The zero-order valence-electron chi connectivity index (χ0n) is 6.00. The fourth-order valence-electron chi connectivity index (χ4n) is 0.432. The van der Waals surface area contributed by atoms with Gasteiger partial charge in [0.2, 0.25) is 0 Å². The maximum Gasteiger partial charge on any atom is 0.331 e. The summed E-state index contributed by atoms with van der Waals surface area (Å²) in [6, 6.07) is 1.62. The molecule has 0 aliphatic heterocycles. The van der Waals surface area contributed by atoms with Crippen LogP contribution in [-0.2, 0) is 9.59 Å². The van der Waals surface area contributed by atoms with Gasteiger partial charge in [0.05, 0.1) is 12.5 Å². The lowest BCUT2D eigenvalue weighted by atomic mass is 10.2. The number of nitrogens with zero attached hydrogens (tertiary/aromatic N) is 1. The Bertz CT molecular complexity index is 247. The molecule has 58 valence electrons. The van der Waals surface area contributed by atoms with Crippen LogP contribution < -0.4 is 0 Å². The zero-order chi connectivity index (χ0) is 8.85. The summed E-state index contributed by atoms with van der Waals surface area (Å²) in [7, 11) is 0. The van der Waals surface area contributed by atoms with Crippen LogP contribution in [0.1, 0.15) is 13.3 Å². The van der Waals surface area contributed by atoms with Crippen LogP contribution in [0.15, 0.2) is 11.6 Å². The SMILES string of the molecule is C/C(=C\C(=O)CC#N)C(=O)O. The van der Waals surface area contributed by atoms with E-state index >= 15 is 0 Å². The van der Waals surface area contributed by atoms with E-state index in [1.165, 1.54) is 6.92 Å². The molecule has 0 spiro atoms. The number of allylic oxidation sites excluding steroid dienone is 1. The number of carboxylic acid groups (broad SMARTS) is 1. The average Bonchev–Trinajstić information content (AvgIpc) is 1.87. The second-order valence-corrected chi connectivity index (χ2v) is 1.93. The van der Waals surface area contributed by atoms with E-state index < -0.39 is 11.8 Å². The van der Waals surface area contributed by atoms with E-state index in [0.29, 0.717) is 0 Å². The van der Waals surface area contributed by atoms with Gasteiger partial charge < -0.3 is 5.11 Å². The largest absolute Gasteiger partial charge is 0.478 e. The number of aliphatic carboxylic acids is 1. The molecule has 0 bridgehead atoms. The van der Waals surface area contributed by atoms with Crippen molar-refractivity contribution in [3.63, 3.8) is 0 Å². The van der Waals surface area contributed by atoms with E-state index in [-0.39, 0.29) is 12.0 Å². The molecule has 0 aromatic carbocycles. The van der Waals surface area contributed by atoms with Crippen molar-refractivity contribution >= 4 is 11.8 Å². The van der Waals surface area contributed by atoms with Gasteiger partial charge >= 0.3 is 5.97 Å². The molecule has 4 heteroatoms. The van der Waals surface area contributed by atoms with Gasteiger partial charge in [-0.1, -0.05) is 0 Å². The third-order valence-corrected chi connectivity index (χ3v) is 0.968. The maximum absolute atomic E-state index is 10.6. The molecule has 0 atom stereocenters. The van der Waals surface area contributed by atoms with Crippen molar-refractivity contribution in [1.29, 1.82) is 5.26 Å². The molecule has 4 nitrogen and oxygen atoms in total. The number of nitriles is 1. The Morgan fingerprint density at radius 2 is 2.18 bits per heavy atom. The molecule has 1 N–H and O–H groups in total. The van der Waals surface area contributed by atoms with E-state index in [9.17, 15) is 9.59 Å². The van der Waals surface area contributed by atoms with E-state index in [1.807, 2.05) is 0 Å². The summed E-state index contributed by atoms with van der Waals surface area (Å²) in [6.45, 7) is 1.30. The standard InChI is InChI=1S/C7H7NO3/c1-5(7(10)11)4-6(9)2-3-8/h4H,2H2,1H3,(H,10,11)/b5-4+. The lowest BCUT2D eigenvalue weighted by Crippen LogP contribution is -2.00. The summed E-state index contributed by atoms with van der Waals surface area (Å²) in [4.78, 5) is 20.7. The van der Waals surface area contributed by atoms with E-state index in [2.05, 4.69) is 0 Å². The van der Waals surface area contributed by atoms with Crippen LogP contribution in [0.4, 0.5) is 0 Å². The number of rotatable bonds is 3. The third kappa shape index (κ3) is 3.87. The first kappa shape index (κ1) is 9.37. The molecular weight excluding hydrogens is 146 g/mol. The van der Waals surface area contributed by atoms with Gasteiger partial charge in [-0.05, 0) is 13.0 Å². The van der Waals surface area contributed by atoms with Crippen LogP contribution in [0.2, 0.25) is 0 Å². The minimum atomic E-state index is -1.14. The fraction of sp³-hybridized carbons (Fsp3) is 0.286. The summed E-state index contributed by atoms with van der Waals surface area (Å²) in [5.41, 5.74) is -0.0507. The Hall–Kier alpha value is -1.63. The summed E-state index contributed by atoms with van der Waals surface area (Å²) in [5, 5.41) is 16.3. The van der Waals surface area contributed by atoms with Crippen LogP contribution >= 0.6 is 0 Å². The quantitative estimate of drug-likeness (QED) is 0.599. The second-order valence-electron chi connectivity index (χ2n) is 1.93. The Kier molecular flexibility index (Phi) is 3.60. The number of hydrogen-bond donors (Lipinski definition) is 1. The molecule has 0 fully saturated rings. The normalized spacial score (nSPS) is 10.4. The Morgan fingerprint density at radius 1 is 1.64 bits per heavy atom. The summed E-state index contributed by atoms with van der Waals surface area (Å²) < 4.78 is 0. The number of carbonyl (C=O) groups is 2. The fourth-order valence-corrected chi connectivity index (χ4v) is 0.432. The minimum absolute atomic E-state index is 0.0507. The first-order valence-electron chi connectivity index (χ1n) is 2.89. The topological polar surface area (TPSA) is 78.2 Å². The van der Waals surface area contributed by atoms with Crippen LogP contribution in [0.3, 0.4) is 0 Å². The van der Waals surface area contributed by atoms with Gasteiger partial charge in [0.15, 0.2) is 5.78 Å². The van der Waals surface area contributed by atoms with Gasteiger partial charge in [0, 0.05) is 5.57 Å². The van der Waals surface area contributed by atoms with Crippen molar-refractivity contribution < 1.29 is 14.7 Å². The first-order valence-corrected chi connectivity index (χ1v) is 2.89. The lowest BCUT2D eigenvalue weighted by molar-refractivity contribution is -0.132. The van der Waals surface area contributed by atoms with E-state index in [1.54, 1.807) is 6.07 Å². The molecule has 0 heterocycles. The summed E-state index contributed by atoms with van der Waals surface area (Å²) >= 11 is 0. The highest BCUT2D eigenvalue weighted by Crippen LogP contribution is 1.93. The van der Waals surface area contributed by atoms with Crippen molar-refractivity contribution in [1.82, 2.24) is 0 Å². The van der Waals surface area contributed by atoms with Crippen molar-refractivity contribution in [3.8, 4) is 6.07 Å². The van der Waals surface area contributed by atoms with Gasteiger partial charge in [-0.15, -0.1) is 0 Å². The molecule has 0 aromatic rings. The molecule has 11 heavy (non-hydrogen) atoms. The smallest absolute Gasteiger partial charge is 0.331 e. The molecular formula is C7H7NO3. The Morgan fingerprint density at radius 3 is 2.55 bits per heavy atom. The molecule has 0 saturated carbocycles. The van der Waals surface area contributed by atoms with Crippen LogP contribution in [0, 0.1) is 11.3 Å². The van der Waals surface area contributed by atoms with Crippen molar-refractivity contribution in [2.45, 2.75) is 13.3 Å². The Balaban J connectivity index is 4.22. The predicted octanol–water partition coefficient (Wildman–Crippen LogP) is 0.500. The molecule has 0 amide bonds. The molecule has 0 radical (unpaired) electrons. The van der Waals surface area contributed by atoms with Crippen molar-refractivity contribution in [2.75, 3.05) is 0 Å². The maximum atomic E-state index is 10.6. The summed E-state index contributed by atoms with van der Waals surface area (Å²) in [5.74, 6) is -1.62. The molecule has 0 aromatic heterocycles. The second kappa shape index (κ2) is 4.23. The average molecular weight is 153 g/mol. The molecule has 0 unspecified atom stereocenters. The highest BCUT2D eigenvalue weighted by atomic mass is 16.4. The van der Waals surface area contributed by atoms with Gasteiger partial charge in [-0.2, -0.15) is 5.26 Å². The Labute approximate surface area is 63.7 Å². The van der Waals surface area contributed by atoms with E-state index in [0.717, 1.165) is 6.08 Å². The van der Waals surface area contributed by atoms with E-state index in [4.69, 9.17) is 10.4 Å². The third-order valence-electron chi connectivity index (χ3n) is 0.968. The highest BCUT2D eigenvalue weighted by molar-refractivity contribution is 5.99. The monoisotopic (exact) mass is 153 g/mol. The minimum Gasteiger partial charge on any atom is -0.478 e. The molecule has 0 aliphatic carbocycles. The van der Waals surface area contributed by atoms with Crippen LogP contribution in [-0.4, -0.2) is 16.9 Å². The molecule has 0 saturated heterocycles. The first-order chi connectivity index (χ1) is 5.07. The number of hydrogen-bond acceptors (Lipinski definition) is 3. The predicted molar refractivity (Wildman–Crippen MR) is 36.6 cm³/mol. The van der Waals surface area contributed by atoms with Gasteiger partial charge in [0.25, 0.3) is 0 Å². The van der Waals surface area contributed by atoms with Crippen molar-refractivity contribution in [2.24, 2.45) is 0 Å². The van der Waals surface area contributed by atoms with Gasteiger partial charge in [-0.25, -0.2) is 4.79 Å². The molecule has 0 aliphatic rings. The van der Waals surface area contributed by atoms with Crippen LogP contribution in [0.5, 0.6) is 0 Å². The number of carboxylic acids is 1.